The van der Waals surface area contributed by atoms with E-state index in [4.69, 9.17) is 25.1 Å². The molecule has 45 heavy (non-hydrogen) atoms. The smallest absolute Gasteiger partial charge is 0.326 e. The highest BCUT2D eigenvalue weighted by molar-refractivity contribution is 5.91. The van der Waals surface area contributed by atoms with Gasteiger partial charge in [-0.2, -0.15) is 0 Å². The van der Waals surface area contributed by atoms with Gasteiger partial charge in [-0.3, -0.25) is 24.0 Å². The molecule has 2 aliphatic rings. The van der Waals surface area contributed by atoms with Crippen LogP contribution in [0.4, 0.5) is 0 Å². The van der Waals surface area contributed by atoms with E-state index in [1.165, 1.54) is 20.8 Å². The monoisotopic (exact) mass is 647 g/mol. The summed E-state index contributed by atoms with van der Waals surface area (Å²) in [5.74, 6) is -7.08. The van der Waals surface area contributed by atoms with Crippen molar-refractivity contribution in [1.82, 2.24) is 21.3 Å². The molecule has 19 nitrogen and oxygen atoms in total. The molecule has 0 aromatic carbocycles. The van der Waals surface area contributed by atoms with E-state index in [-0.39, 0.29) is 25.9 Å². The van der Waals surface area contributed by atoms with E-state index in [9.17, 15) is 48.9 Å². The Labute approximate surface area is 257 Å². The Balaban J connectivity index is 1.88. The number of hydrogen-bond donors (Lipinski definition) is 9. The zero-order chi connectivity index (χ0) is 34.0. The van der Waals surface area contributed by atoms with Gasteiger partial charge in [-0.1, -0.05) is 0 Å². The van der Waals surface area contributed by atoms with Crippen molar-refractivity contribution in [2.24, 2.45) is 5.73 Å². The second-order valence-electron chi connectivity index (χ2n) is 10.8. The second-order valence-corrected chi connectivity index (χ2v) is 10.8. The molecule has 2 heterocycles. The normalized spacial score (nSPS) is 25.5. The fourth-order valence-electron chi connectivity index (χ4n) is 4.65. The van der Waals surface area contributed by atoms with Crippen LogP contribution in [0.1, 0.15) is 52.9 Å². The molecule has 10 atom stereocenters. The number of carboxylic acids is 3. The van der Waals surface area contributed by atoms with E-state index in [1.54, 1.807) is 0 Å². The summed E-state index contributed by atoms with van der Waals surface area (Å²) in [6, 6.07) is -6.32. The number of rotatable bonds is 18. The zero-order valence-corrected chi connectivity index (χ0v) is 25.0. The molecule has 254 valence electrons. The van der Waals surface area contributed by atoms with E-state index >= 15 is 0 Å². The predicted molar refractivity (Wildman–Crippen MR) is 148 cm³/mol. The Bertz CT molecular complexity index is 1120. The Kier molecular flexibility index (Phi) is 14.1. The third kappa shape index (κ3) is 11.2. The molecule has 10 N–H and O–H groups in total. The summed E-state index contributed by atoms with van der Waals surface area (Å²) in [5.41, 5.74) is 5.38. The molecule has 0 radical (unpaired) electrons. The molecule has 0 aromatic heterocycles. The van der Waals surface area contributed by atoms with Crippen molar-refractivity contribution in [3.05, 3.63) is 0 Å². The summed E-state index contributed by atoms with van der Waals surface area (Å²) in [6.45, 7) is 3.92. The van der Waals surface area contributed by atoms with Gasteiger partial charge in [-0.15, -0.1) is 0 Å². The first-order valence-electron chi connectivity index (χ1n) is 14.2. The summed E-state index contributed by atoms with van der Waals surface area (Å²) in [4.78, 5) is 83.4. The van der Waals surface area contributed by atoms with Gasteiger partial charge in [0.25, 0.3) is 0 Å². The average molecular weight is 648 g/mol. The number of aliphatic hydroxyl groups is 1. The third-order valence-electron chi connectivity index (χ3n) is 7.18. The predicted octanol–water partition coefficient (Wildman–Crippen LogP) is -3.61. The minimum Gasteiger partial charge on any atom is -0.480 e. The Hall–Kier alpha value is -3.91. The van der Waals surface area contributed by atoms with Crippen molar-refractivity contribution in [3.63, 3.8) is 0 Å². The summed E-state index contributed by atoms with van der Waals surface area (Å²) in [6.07, 6.45) is -6.15. The molecule has 2 rings (SSSR count). The van der Waals surface area contributed by atoms with Crippen molar-refractivity contribution in [1.29, 1.82) is 0 Å². The minimum atomic E-state index is -1.57. The molecule has 4 amide bonds. The lowest BCUT2D eigenvalue weighted by molar-refractivity contribution is -0.209. The standard InChI is InChI=1S/C26H41N5O14/c1-10(28-22(36)11(2)44-20-18(29-12(3)32)26-43-9-16(45-26)19(20)34)21(35)31-15(25(41)42)7-8-17(33)30-14(24(39)40)6-4-5-13(27)23(37)38/h10-11,13-16,18-20,26,34H,4-9,27H2,1-3H3,(H,28,36)(H,29,32)(H,30,33)(H,31,35)(H,37,38)(H,39,40)(H,41,42)/t10-,11+,13-,14-,15+,16+,18+,19+,20+,26-/m0/s1. The van der Waals surface area contributed by atoms with Crippen LogP contribution >= 0.6 is 0 Å². The highest BCUT2D eigenvalue weighted by Gasteiger charge is 2.52. The molecule has 0 saturated carbocycles. The Morgan fingerprint density at radius 2 is 1.51 bits per heavy atom. The molecule has 2 aliphatic heterocycles. The number of nitrogens with two attached hydrogens (primary N) is 1. The van der Waals surface area contributed by atoms with Crippen LogP contribution in [-0.4, -0.2) is 129 Å². The van der Waals surface area contributed by atoms with Crippen LogP contribution in [0.5, 0.6) is 0 Å². The number of ether oxygens (including phenoxy) is 3. The van der Waals surface area contributed by atoms with Crippen LogP contribution in [0.15, 0.2) is 0 Å². The van der Waals surface area contributed by atoms with Gasteiger partial charge >= 0.3 is 17.9 Å². The van der Waals surface area contributed by atoms with Crippen molar-refractivity contribution >= 4 is 41.5 Å². The maximum Gasteiger partial charge on any atom is 0.326 e. The number of carbonyl (C=O) groups is 7. The van der Waals surface area contributed by atoms with Crippen molar-refractivity contribution in [2.75, 3.05) is 6.61 Å². The van der Waals surface area contributed by atoms with E-state index in [0.717, 1.165) is 0 Å². The summed E-state index contributed by atoms with van der Waals surface area (Å²) in [7, 11) is 0. The van der Waals surface area contributed by atoms with Gasteiger partial charge in [0.05, 0.1) is 6.61 Å². The zero-order valence-electron chi connectivity index (χ0n) is 25.0. The van der Waals surface area contributed by atoms with Gasteiger partial charge in [0.15, 0.2) is 6.29 Å². The number of aliphatic carboxylic acids is 3. The van der Waals surface area contributed by atoms with Gasteiger partial charge in [-0.25, -0.2) is 9.59 Å². The van der Waals surface area contributed by atoms with Gasteiger partial charge in [0.1, 0.15) is 54.6 Å². The lowest BCUT2D eigenvalue weighted by Crippen LogP contribution is -2.62. The second kappa shape index (κ2) is 17.0. The number of fused-ring (bicyclic) bond motifs is 2. The number of hydrogen-bond acceptors (Lipinski definition) is 12. The van der Waals surface area contributed by atoms with Crippen LogP contribution < -0.4 is 27.0 Å². The van der Waals surface area contributed by atoms with Crippen LogP contribution in [0.25, 0.3) is 0 Å². The number of carboxylic acid groups (broad SMARTS) is 3. The topological polar surface area (TPSA) is 302 Å². The quantitative estimate of drug-likeness (QED) is 0.0694. The van der Waals surface area contributed by atoms with Gasteiger partial charge in [0, 0.05) is 13.3 Å². The third-order valence-corrected chi connectivity index (χ3v) is 7.18. The molecule has 0 aromatic rings. The van der Waals surface area contributed by atoms with Crippen LogP contribution in [0, 0.1) is 0 Å². The van der Waals surface area contributed by atoms with Crippen molar-refractivity contribution < 1.29 is 68.2 Å². The molecule has 0 aliphatic carbocycles. The van der Waals surface area contributed by atoms with E-state index in [2.05, 4.69) is 21.3 Å². The molecule has 2 saturated heterocycles. The number of carbonyl (C=O) groups excluding carboxylic acids is 4. The Morgan fingerprint density at radius 1 is 0.889 bits per heavy atom. The first kappa shape index (κ1) is 37.3. The molecule has 19 heteroatoms. The fraction of sp³-hybridized carbons (Fsp3) is 0.731. The molecule has 0 unspecified atom stereocenters. The van der Waals surface area contributed by atoms with E-state index in [1.807, 2.05) is 0 Å². The SMILES string of the molecule is CC(=O)N[C@H]1[C@H]2OC[C@@H](O2)[C@@H](O)[C@@H]1O[C@H](C)C(=O)N[C@@H](C)C(=O)N[C@H](CCC(=O)N[C@@H](CCC[C@H](N)C(=O)O)C(=O)O)C(=O)O. The lowest BCUT2D eigenvalue weighted by atomic mass is 9.98. The van der Waals surface area contributed by atoms with Crippen molar-refractivity contribution in [3.8, 4) is 0 Å². The molecule has 0 spiro atoms. The van der Waals surface area contributed by atoms with Crippen LogP contribution in [0.3, 0.4) is 0 Å². The summed E-state index contributed by atoms with van der Waals surface area (Å²) < 4.78 is 16.7. The summed E-state index contributed by atoms with van der Waals surface area (Å²) >= 11 is 0. The largest absolute Gasteiger partial charge is 0.480 e. The summed E-state index contributed by atoms with van der Waals surface area (Å²) in [5, 5.41) is 47.7. The maximum atomic E-state index is 12.8. The minimum absolute atomic E-state index is 0.0211. The number of amides is 4. The van der Waals surface area contributed by atoms with Crippen molar-refractivity contribution in [2.45, 2.75) is 114 Å². The average Bonchev–Trinajstić information content (AvgIpc) is 3.41. The lowest BCUT2D eigenvalue weighted by Gasteiger charge is -2.39. The molecule has 2 fully saturated rings. The first-order chi connectivity index (χ1) is 21.0. The number of aliphatic hydroxyl groups excluding tert-OH is 1. The Morgan fingerprint density at radius 3 is 2.09 bits per heavy atom. The van der Waals surface area contributed by atoms with Crippen LogP contribution in [-0.2, 0) is 47.8 Å². The van der Waals surface area contributed by atoms with Gasteiger partial charge in [-0.05, 0) is 39.5 Å². The maximum absolute atomic E-state index is 12.8. The fourth-order valence-corrected chi connectivity index (χ4v) is 4.65. The van der Waals surface area contributed by atoms with E-state index in [0.29, 0.717) is 0 Å². The van der Waals surface area contributed by atoms with Crippen LogP contribution in [0.2, 0.25) is 0 Å². The highest BCUT2D eigenvalue weighted by Crippen LogP contribution is 2.30. The molecular formula is C26H41N5O14. The molecule has 2 bridgehead atoms. The highest BCUT2D eigenvalue weighted by atomic mass is 16.7. The van der Waals surface area contributed by atoms with E-state index < -0.39 is 115 Å². The molecular weight excluding hydrogens is 606 g/mol. The number of nitrogens with one attached hydrogen (secondary N) is 4. The van der Waals surface area contributed by atoms with Gasteiger partial charge < -0.3 is 61.6 Å². The first-order valence-corrected chi connectivity index (χ1v) is 14.2. The van der Waals surface area contributed by atoms with Gasteiger partial charge in [0.2, 0.25) is 23.6 Å².